The third-order valence-corrected chi connectivity index (χ3v) is 7.69. The lowest BCUT2D eigenvalue weighted by atomic mass is 9.89. The summed E-state index contributed by atoms with van der Waals surface area (Å²) >= 11 is 8.94. The van der Waals surface area contributed by atoms with Gasteiger partial charge in [-0.25, -0.2) is 4.98 Å². The number of aryl methyl sites for hydroxylation is 1. The van der Waals surface area contributed by atoms with E-state index < -0.39 is 0 Å². The highest BCUT2D eigenvalue weighted by Gasteiger charge is 2.40. The number of carbonyl (C=O) groups is 1. The molecule has 1 aliphatic carbocycles. The maximum absolute atomic E-state index is 12.8. The summed E-state index contributed by atoms with van der Waals surface area (Å²) in [7, 11) is 0. The summed E-state index contributed by atoms with van der Waals surface area (Å²) in [5.41, 5.74) is 0.794. The van der Waals surface area contributed by atoms with Gasteiger partial charge in [0, 0.05) is 12.6 Å². The van der Waals surface area contributed by atoms with Gasteiger partial charge in [-0.15, -0.1) is 22.7 Å². The van der Waals surface area contributed by atoms with Crippen molar-refractivity contribution in [1.82, 2.24) is 10.3 Å². The molecule has 1 saturated heterocycles. The van der Waals surface area contributed by atoms with Crippen molar-refractivity contribution < 1.29 is 9.53 Å². The Morgan fingerprint density at radius 2 is 2.16 bits per heavy atom. The molecule has 1 atom stereocenters. The summed E-state index contributed by atoms with van der Waals surface area (Å²) in [6, 6.07) is 4.01. The highest BCUT2D eigenvalue weighted by atomic mass is 35.5. The van der Waals surface area contributed by atoms with Gasteiger partial charge in [0.25, 0.3) is 5.91 Å². The lowest BCUT2D eigenvalue weighted by Crippen LogP contribution is -2.47. The number of carbonyl (C=O) groups excluding carboxylic acids is 1. The van der Waals surface area contributed by atoms with E-state index in [9.17, 15) is 4.79 Å². The van der Waals surface area contributed by atoms with Gasteiger partial charge in [0.05, 0.1) is 20.5 Å². The molecule has 2 aromatic heterocycles. The number of hydrogen-bond acceptors (Lipinski definition) is 5. The zero-order valence-electron chi connectivity index (χ0n) is 14.1. The monoisotopic (exact) mass is 396 g/mol. The number of ether oxygens (including phenoxy) is 1. The van der Waals surface area contributed by atoms with Gasteiger partial charge < -0.3 is 10.1 Å². The smallest absolute Gasteiger partial charge is 0.263 e. The molecular formula is C18H21ClN2O2S2. The first-order valence-electron chi connectivity index (χ1n) is 8.73. The fraction of sp³-hybridized carbons (Fsp3) is 0.556. The second-order valence-electron chi connectivity index (χ2n) is 6.94. The number of nitrogens with one attached hydrogen (secondary N) is 1. The van der Waals surface area contributed by atoms with E-state index in [0.29, 0.717) is 4.88 Å². The second-order valence-corrected chi connectivity index (χ2v) is 9.65. The van der Waals surface area contributed by atoms with E-state index in [0.717, 1.165) is 52.2 Å². The van der Waals surface area contributed by atoms with E-state index in [1.165, 1.54) is 35.5 Å². The van der Waals surface area contributed by atoms with Crippen LogP contribution < -0.4 is 5.32 Å². The van der Waals surface area contributed by atoms with Crippen molar-refractivity contribution in [2.75, 3.05) is 6.61 Å². The van der Waals surface area contributed by atoms with Crippen LogP contribution in [0.2, 0.25) is 4.34 Å². The van der Waals surface area contributed by atoms with Crippen molar-refractivity contribution in [3.05, 3.63) is 27.0 Å². The van der Waals surface area contributed by atoms with E-state index in [4.69, 9.17) is 16.3 Å². The SMILES string of the molecule is Cc1nc(-c2ccc(Cl)s2)sc1C(=O)NC1CCOC2(CCCC2)C1. The Morgan fingerprint density at radius 1 is 1.36 bits per heavy atom. The normalized spacial score (nSPS) is 22.4. The molecule has 0 aromatic carbocycles. The van der Waals surface area contributed by atoms with E-state index >= 15 is 0 Å². The lowest BCUT2D eigenvalue weighted by Gasteiger charge is -2.38. The van der Waals surface area contributed by atoms with Crippen LogP contribution in [0.25, 0.3) is 9.88 Å². The summed E-state index contributed by atoms with van der Waals surface area (Å²) in [5, 5.41) is 4.09. The van der Waals surface area contributed by atoms with E-state index in [2.05, 4.69) is 10.3 Å². The Labute approximate surface area is 160 Å². The molecule has 0 bridgehead atoms. The molecule has 0 radical (unpaired) electrons. The van der Waals surface area contributed by atoms with Crippen LogP contribution in [0.4, 0.5) is 0 Å². The molecule has 4 rings (SSSR count). The molecule has 7 heteroatoms. The van der Waals surface area contributed by atoms with Crippen molar-refractivity contribution in [3.8, 4) is 9.88 Å². The van der Waals surface area contributed by atoms with Crippen molar-refractivity contribution in [2.45, 2.75) is 57.1 Å². The number of thiazole rings is 1. The number of thiophene rings is 1. The van der Waals surface area contributed by atoms with Gasteiger partial charge in [0.15, 0.2) is 0 Å². The van der Waals surface area contributed by atoms with Gasteiger partial charge >= 0.3 is 0 Å². The predicted molar refractivity (Wildman–Crippen MR) is 103 cm³/mol. The van der Waals surface area contributed by atoms with Crippen LogP contribution >= 0.6 is 34.3 Å². The number of nitrogens with zero attached hydrogens (tertiary/aromatic N) is 1. The van der Waals surface area contributed by atoms with Crippen molar-refractivity contribution >= 4 is 40.2 Å². The average molecular weight is 397 g/mol. The van der Waals surface area contributed by atoms with Crippen LogP contribution in [-0.2, 0) is 4.74 Å². The molecule has 1 spiro atoms. The Balaban J connectivity index is 1.47. The van der Waals surface area contributed by atoms with Crippen LogP contribution in [0, 0.1) is 6.92 Å². The Morgan fingerprint density at radius 3 is 2.88 bits per heavy atom. The molecule has 134 valence electrons. The van der Waals surface area contributed by atoms with Gasteiger partial charge in [0.2, 0.25) is 0 Å². The molecule has 3 heterocycles. The minimum atomic E-state index is -0.0102. The minimum Gasteiger partial charge on any atom is -0.375 e. The first-order valence-corrected chi connectivity index (χ1v) is 10.7. The third kappa shape index (κ3) is 3.63. The fourth-order valence-corrected chi connectivity index (χ4v) is 5.98. The van der Waals surface area contributed by atoms with Crippen LogP contribution in [0.1, 0.15) is 53.9 Å². The second kappa shape index (κ2) is 6.99. The standard InChI is InChI=1S/C18H21ClN2O2S2/c1-11-15(25-17(20-11)13-4-5-14(19)24-13)16(22)21-12-6-9-23-18(10-12)7-2-3-8-18/h4-5,12H,2-3,6-10H2,1H3,(H,21,22). The zero-order valence-corrected chi connectivity index (χ0v) is 16.5. The van der Waals surface area contributed by atoms with Gasteiger partial charge in [-0.05, 0) is 44.7 Å². The Hall–Kier alpha value is -0.950. The first-order chi connectivity index (χ1) is 12.0. The van der Waals surface area contributed by atoms with Gasteiger partial charge in [0.1, 0.15) is 9.88 Å². The number of hydrogen-bond donors (Lipinski definition) is 1. The zero-order chi connectivity index (χ0) is 17.4. The summed E-state index contributed by atoms with van der Waals surface area (Å²) in [4.78, 5) is 19.1. The minimum absolute atomic E-state index is 0.0102. The highest BCUT2D eigenvalue weighted by molar-refractivity contribution is 7.24. The maximum Gasteiger partial charge on any atom is 0.263 e. The van der Waals surface area contributed by atoms with Crippen molar-refractivity contribution in [2.24, 2.45) is 0 Å². The molecule has 2 aliphatic rings. The van der Waals surface area contributed by atoms with Crippen LogP contribution in [-0.4, -0.2) is 29.1 Å². The molecule has 2 aromatic rings. The number of halogens is 1. The highest BCUT2D eigenvalue weighted by Crippen LogP contribution is 2.40. The fourth-order valence-electron chi connectivity index (χ4n) is 3.91. The number of aromatic nitrogens is 1. The summed E-state index contributed by atoms with van der Waals surface area (Å²) in [6.45, 7) is 2.64. The van der Waals surface area contributed by atoms with Crippen LogP contribution in [0.5, 0.6) is 0 Å². The molecule has 2 fully saturated rings. The van der Waals surface area contributed by atoms with Crippen LogP contribution in [0.15, 0.2) is 12.1 Å². The predicted octanol–water partition coefficient (Wildman–Crippen LogP) is 5.06. The van der Waals surface area contributed by atoms with E-state index in [1.807, 2.05) is 19.1 Å². The third-order valence-electron chi connectivity index (χ3n) is 5.13. The van der Waals surface area contributed by atoms with Gasteiger partial charge in [-0.3, -0.25) is 4.79 Å². The number of rotatable bonds is 3. The number of amides is 1. The molecule has 4 nitrogen and oxygen atoms in total. The van der Waals surface area contributed by atoms with E-state index in [-0.39, 0.29) is 17.6 Å². The quantitative estimate of drug-likeness (QED) is 0.789. The topological polar surface area (TPSA) is 51.2 Å². The van der Waals surface area contributed by atoms with Crippen molar-refractivity contribution in [1.29, 1.82) is 0 Å². The molecule has 1 unspecified atom stereocenters. The summed E-state index contributed by atoms with van der Waals surface area (Å²) in [5.74, 6) is -0.0102. The van der Waals surface area contributed by atoms with Crippen LogP contribution in [0.3, 0.4) is 0 Å². The summed E-state index contributed by atoms with van der Waals surface area (Å²) < 4.78 is 6.79. The van der Waals surface area contributed by atoms with E-state index in [1.54, 1.807) is 0 Å². The molecule has 1 saturated carbocycles. The maximum atomic E-state index is 12.8. The molecule has 1 amide bonds. The lowest BCUT2D eigenvalue weighted by molar-refractivity contribution is -0.0823. The van der Waals surface area contributed by atoms with Gasteiger partial charge in [-0.1, -0.05) is 24.4 Å². The molecule has 1 aliphatic heterocycles. The summed E-state index contributed by atoms with van der Waals surface area (Å²) in [6.07, 6.45) is 6.55. The Bertz CT molecular complexity index is 780. The average Bonchev–Trinajstić information content (AvgIpc) is 3.28. The van der Waals surface area contributed by atoms with Crippen molar-refractivity contribution in [3.63, 3.8) is 0 Å². The largest absolute Gasteiger partial charge is 0.375 e. The van der Waals surface area contributed by atoms with Gasteiger partial charge in [-0.2, -0.15) is 0 Å². The molecule has 1 N–H and O–H groups in total. The first kappa shape index (κ1) is 17.5. The Kier molecular flexibility index (Phi) is 4.88. The molecular weight excluding hydrogens is 376 g/mol. The molecule has 25 heavy (non-hydrogen) atoms.